The van der Waals surface area contributed by atoms with Crippen LogP contribution in [0, 0.1) is 5.41 Å². The van der Waals surface area contributed by atoms with E-state index in [1.54, 1.807) is 25.2 Å². The van der Waals surface area contributed by atoms with Crippen molar-refractivity contribution in [1.82, 2.24) is 20.6 Å². The minimum Gasteiger partial charge on any atom is -0.493 e. The number of carbonyl (C=O) groups excluding carboxylic acids is 1. The maximum atomic E-state index is 13.9. The Hall–Kier alpha value is -3.17. The zero-order valence-corrected chi connectivity index (χ0v) is 20.6. The van der Waals surface area contributed by atoms with Crippen molar-refractivity contribution in [3.63, 3.8) is 0 Å². The number of ether oxygens (including phenoxy) is 3. The molecular weight excluding hydrogens is 458 g/mol. The first-order chi connectivity index (χ1) is 16.2. The fourth-order valence-electron chi connectivity index (χ4n) is 4.14. The number of fused-ring (bicyclic) bond motifs is 1. The summed E-state index contributed by atoms with van der Waals surface area (Å²) in [5.41, 5.74) is 2.04. The van der Waals surface area contributed by atoms with Gasteiger partial charge < -0.3 is 19.1 Å². The lowest BCUT2D eigenvalue weighted by Gasteiger charge is -2.31. The largest absolute Gasteiger partial charge is 0.493 e. The second-order valence-corrected chi connectivity index (χ2v) is 9.76. The number of anilines is 1. The Balaban J connectivity index is 1.92. The molecule has 2 aromatic carbocycles. The smallest absolute Gasteiger partial charge is 0.256 e. The van der Waals surface area contributed by atoms with Crippen LogP contribution < -0.4 is 14.4 Å². The van der Waals surface area contributed by atoms with Crippen LogP contribution in [0.15, 0.2) is 36.4 Å². The van der Waals surface area contributed by atoms with Crippen LogP contribution in [0.1, 0.15) is 43.8 Å². The molecule has 1 aliphatic heterocycles. The predicted molar refractivity (Wildman–Crippen MR) is 127 cm³/mol. The maximum Gasteiger partial charge on any atom is 0.256 e. The molecule has 1 N–H and O–H groups in total. The number of nitrogens with zero attached hydrogens (tertiary/aromatic N) is 4. The number of aromatic nitrogens is 4. The van der Waals surface area contributed by atoms with Crippen LogP contribution in [-0.4, -0.2) is 53.4 Å². The summed E-state index contributed by atoms with van der Waals surface area (Å²) in [6.45, 7) is 6.73. The molecule has 1 aliphatic rings. The number of H-pyrrole nitrogens is 1. The highest BCUT2D eigenvalue weighted by Crippen LogP contribution is 2.45. The van der Waals surface area contributed by atoms with Crippen molar-refractivity contribution in [3.05, 3.63) is 58.4 Å². The van der Waals surface area contributed by atoms with Crippen LogP contribution in [0.25, 0.3) is 0 Å². The summed E-state index contributed by atoms with van der Waals surface area (Å²) in [6, 6.07) is 11.0. The van der Waals surface area contributed by atoms with Gasteiger partial charge in [-0.3, -0.25) is 4.79 Å². The Morgan fingerprint density at radius 2 is 1.94 bits per heavy atom. The Morgan fingerprint density at radius 3 is 2.59 bits per heavy atom. The average molecular weight is 486 g/mol. The summed E-state index contributed by atoms with van der Waals surface area (Å²) < 4.78 is 17.8. The summed E-state index contributed by atoms with van der Waals surface area (Å²) in [5, 5.41) is 14.5. The van der Waals surface area contributed by atoms with Crippen LogP contribution in [0.5, 0.6) is 11.5 Å². The molecule has 4 rings (SSSR count). The molecule has 34 heavy (non-hydrogen) atoms. The van der Waals surface area contributed by atoms with Gasteiger partial charge in [0, 0.05) is 34.8 Å². The molecule has 180 valence electrons. The van der Waals surface area contributed by atoms with Gasteiger partial charge in [-0.15, -0.1) is 5.10 Å². The average Bonchev–Trinajstić information content (AvgIpc) is 3.28. The molecule has 9 nitrogen and oxygen atoms in total. The van der Waals surface area contributed by atoms with E-state index in [9.17, 15) is 4.79 Å². The van der Waals surface area contributed by atoms with Gasteiger partial charge in [-0.2, -0.15) is 0 Å². The predicted octanol–water partition coefficient (Wildman–Crippen LogP) is 3.98. The first-order valence-electron chi connectivity index (χ1n) is 10.9. The maximum absolute atomic E-state index is 13.9. The fourth-order valence-corrected chi connectivity index (χ4v) is 4.32. The number of methoxy groups -OCH3 is 2. The third-order valence-electron chi connectivity index (χ3n) is 5.52. The quantitative estimate of drug-likeness (QED) is 0.563. The van der Waals surface area contributed by atoms with Crippen LogP contribution in [0.3, 0.4) is 0 Å². The van der Waals surface area contributed by atoms with Gasteiger partial charge in [0.25, 0.3) is 5.91 Å². The summed E-state index contributed by atoms with van der Waals surface area (Å²) in [5.74, 6) is 1.36. The van der Waals surface area contributed by atoms with Gasteiger partial charge in [0.1, 0.15) is 12.2 Å². The molecule has 0 spiro atoms. The van der Waals surface area contributed by atoms with Gasteiger partial charge in [-0.25, -0.2) is 5.10 Å². The number of hydrogen-bond donors (Lipinski definition) is 1. The van der Waals surface area contributed by atoms with Gasteiger partial charge in [0.2, 0.25) is 0 Å². The number of aromatic amines is 1. The van der Waals surface area contributed by atoms with E-state index in [0.29, 0.717) is 28.9 Å². The molecule has 0 fully saturated rings. The Morgan fingerprint density at radius 1 is 1.15 bits per heavy atom. The topological polar surface area (TPSA) is 102 Å². The molecule has 2 atom stereocenters. The Bertz CT molecular complexity index is 1160. The van der Waals surface area contributed by atoms with E-state index in [4.69, 9.17) is 25.8 Å². The number of rotatable bonds is 6. The third kappa shape index (κ3) is 4.85. The second kappa shape index (κ2) is 9.60. The van der Waals surface area contributed by atoms with E-state index >= 15 is 0 Å². The molecule has 2 heterocycles. The number of para-hydroxylation sites is 1. The van der Waals surface area contributed by atoms with E-state index in [2.05, 4.69) is 41.4 Å². The van der Waals surface area contributed by atoms with Crippen LogP contribution >= 0.6 is 11.6 Å². The van der Waals surface area contributed by atoms with Gasteiger partial charge in [0.15, 0.2) is 17.3 Å². The fraction of sp³-hybridized carbons (Fsp3) is 0.417. The van der Waals surface area contributed by atoms with Crippen LogP contribution in [0.4, 0.5) is 5.69 Å². The number of carbonyl (C=O) groups is 1. The number of nitrogens with one attached hydrogen (secondary N) is 1. The summed E-state index contributed by atoms with van der Waals surface area (Å²) in [6.07, 6.45) is -1.34. The van der Waals surface area contributed by atoms with E-state index in [-0.39, 0.29) is 17.7 Å². The van der Waals surface area contributed by atoms with E-state index in [0.717, 1.165) is 16.8 Å². The molecule has 10 heteroatoms. The van der Waals surface area contributed by atoms with Crippen molar-refractivity contribution < 1.29 is 19.0 Å². The zero-order chi connectivity index (χ0) is 24.5. The minimum atomic E-state index is -0.857. The molecule has 0 radical (unpaired) electrons. The van der Waals surface area contributed by atoms with Gasteiger partial charge in [-0.05, 0) is 40.1 Å². The minimum absolute atomic E-state index is 0.168. The summed E-state index contributed by atoms with van der Waals surface area (Å²) >= 11 is 6.44. The molecule has 0 saturated heterocycles. The van der Waals surface area contributed by atoms with Gasteiger partial charge in [-0.1, -0.05) is 44.5 Å². The highest BCUT2D eigenvalue weighted by molar-refractivity contribution is 6.30. The van der Waals surface area contributed by atoms with Crippen molar-refractivity contribution in [2.75, 3.05) is 25.7 Å². The number of halogens is 1. The van der Waals surface area contributed by atoms with Crippen molar-refractivity contribution in [2.24, 2.45) is 5.41 Å². The number of tetrazole rings is 1. The van der Waals surface area contributed by atoms with E-state index in [1.807, 2.05) is 30.3 Å². The molecular formula is C24H28ClN5O4. The number of amides is 1. The highest BCUT2D eigenvalue weighted by Gasteiger charge is 2.39. The van der Waals surface area contributed by atoms with Crippen molar-refractivity contribution >= 4 is 23.2 Å². The normalized spacial score (nSPS) is 18.4. The zero-order valence-electron chi connectivity index (χ0n) is 19.8. The summed E-state index contributed by atoms with van der Waals surface area (Å²) in [4.78, 5) is 15.7. The Kier molecular flexibility index (Phi) is 6.77. The molecule has 1 amide bonds. The SMILES string of the molecule is COc1cccc([C@H]2O[C@H](Cc3nnn[nH]3)C(=O)N(CC(C)(C)C)c3ccc(Cl)cc32)c1OC. The number of benzene rings is 2. The Labute approximate surface area is 203 Å². The van der Waals surface area contributed by atoms with Crippen LogP contribution in [0.2, 0.25) is 5.02 Å². The third-order valence-corrected chi connectivity index (χ3v) is 5.76. The van der Waals surface area contributed by atoms with Crippen LogP contribution in [-0.2, 0) is 16.0 Å². The standard InChI is InChI=1S/C24H28ClN5O4/c1-24(2,3)13-30-17-10-9-14(25)11-16(17)21(15-7-6-8-18(32-4)22(15)33-5)34-19(23(30)31)12-20-26-28-29-27-20/h6-11,19,21H,12-13H2,1-5H3,(H,26,27,28,29)/t19-,21-/m1/s1. The molecule has 0 unspecified atom stereocenters. The molecule has 3 aromatic rings. The van der Waals surface area contributed by atoms with Crippen molar-refractivity contribution in [1.29, 1.82) is 0 Å². The van der Waals surface area contributed by atoms with Gasteiger partial charge >= 0.3 is 0 Å². The van der Waals surface area contributed by atoms with E-state index in [1.165, 1.54) is 0 Å². The van der Waals surface area contributed by atoms with Crippen molar-refractivity contribution in [3.8, 4) is 11.5 Å². The van der Waals surface area contributed by atoms with Crippen molar-refractivity contribution in [2.45, 2.75) is 39.4 Å². The van der Waals surface area contributed by atoms with Gasteiger partial charge in [0.05, 0.1) is 14.2 Å². The molecule has 0 saturated carbocycles. The molecule has 0 bridgehead atoms. The highest BCUT2D eigenvalue weighted by atomic mass is 35.5. The lowest BCUT2D eigenvalue weighted by molar-refractivity contribution is -0.132. The first kappa shape index (κ1) is 24.0. The summed E-state index contributed by atoms with van der Waals surface area (Å²) in [7, 11) is 3.15. The molecule has 1 aromatic heterocycles. The molecule has 0 aliphatic carbocycles. The lowest BCUT2D eigenvalue weighted by Crippen LogP contribution is -2.44. The second-order valence-electron chi connectivity index (χ2n) is 9.33. The monoisotopic (exact) mass is 485 g/mol. The first-order valence-corrected chi connectivity index (χ1v) is 11.3. The lowest BCUT2D eigenvalue weighted by atomic mass is 9.94. The number of hydrogen-bond acceptors (Lipinski definition) is 7. The van der Waals surface area contributed by atoms with E-state index < -0.39 is 12.2 Å².